The molecular weight excluding hydrogens is 681 g/mol. The number of ether oxygens (including phenoxy) is 2. The number of hydrogen-bond acceptors (Lipinski definition) is 9. The molecule has 0 aromatic carbocycles. The van der Waals surface area contributed by atoms with E-state index in [9.17, 15) is 24.2 Å². The highest BCUT2D eigenvalue weighted by atomic mass is 31.2. The summed E-state index contributed by atoms with van der Waals surface area (Å²) in [5.74, 6) is -1.04. The third-order valence-corrected chi connectivity index (χ3v) is 9.01. The van der Waals surface area contributed by atoms with Gasteiger partial charge in [0, 0.05) is 19.4 Å². The number of aliphatic hydroxyl groups is 1. The van der Waals surface area contributed by atoms with Gasteiger partial charge in [-0.3, -0.25) is 18.6 Å². The van der Waals surface area contributed by atoms with Gasteiger partial charge >= 0.3 is 19.8 Å². The molecule has 2 unspecified atom stereocenters. The summed E-state index contributed by atoms with van der Waals surface area (Å²) >= 11 is 0. The van der Waals surface area contributed by atoms with Crippen LogP contribution in [0.15, 0.2) is 60.8 Å². The van der Waals surface area contributed by atoms with Gasteiger partial charge in [0.1, 0.15) is 6.61 Å². The van der Waals surface area contributed by atoms with E-state index in [0.717, 1.165) is 44.9 Å². The number of rotatable bonds is 36. The number of carbonyl (C=O) groups is 2. The van der Waals surface area contributed by atoms with Crippen LogP contribution in [0, 0.1) is 0 Å². The fraction of sp³-hybridized carbons (Fsp3) is 0.707. The Labute approximate surface area is 315 Å². The lowest BCUT2D eigenvalue weighted by molar-refractivity contribution is -0.161. The Balaban J connectivity index is 4.41. The Morgan fingerprint density at radius 3 is 1.79 bits per heavy atom. The summed E-state index contributed by atoms with van der Waals surface area (Å²) in [5.41, 5.74) is 5.32. The van der Waals surface area contributed by atoms with E-state index in [1.807, 2.05) is 12.2 Å². The van der Waals surface area contributed by atoms with Crippen LogP contribution >= 0.6 is 7.82 Å². The fourth-order valence-corrected chi connectivity index (χ4v) is 5.84. The average Bonchev–Trinajstić information content (AvgIpc) is 3.12. The zero-order chi connectivity index (χ0) is 38.4. The van der Waals surface area contributed by atoms with Crippen molar-refractivity contribution < 1.29 is 42.7 Å². The lowest BCUT2D eigenvalue weighted by Gasteiger charge is -2.20. The van der Waals surface area contributed by atoms with Crippen LogP contribution in [0.4, 0.5) is 0 Å². The van der Waals surface area contributed by atoms with E-state index in [1.54, 1.807) is 12.2 Å². The molecule has 0 rings (SSSR count). The van der Waals surface area contributed by atoms with Gasteiger partial charge in [0.25, 0.3) is 0 Å². The molecule has 0 aromatic heterocycles. The largest absolute Gasteiger partial charge is 0.472 e. The Kier molecular flexibility index (Phi) is 35.3. The van der Waals surface area contributed by atoms with Crippen LogP contribution in [0.25, 0.3) is 0 Å². The molecule has 0 fully saturated rings. The van der Waals surface area contributed by atoms with Crippen molar-refractivity contribution in [1.29, 1.82) is 0 Å². The van der Waals surface area contributed by atoms with Gasteiger partial charge in [-0.1, -0.05) is 152 Å². The molecule has 11 heteroatoms. The van der Waals surface area contributed by atoms with Crippen LogP contribution in [0.1, 0.15) is 149 Å². The quantitative estimate of drug-likeness (QED) is 0.0185. The Bertz CT molecular complexity index is 1060. The summed E-state index contributed by atoms with van der Waals surface area (Å²) in [6.45, 7) is 3.37. The standard InChI is InChI=1S/C41H72NO9P/c1-3-5-7-9-11-13-15-17-19-21-23-25-27-30-38(43)31-29-33-40(44)48-36-39(37-50-52(46,47)49-35-34-42)51-41(45)32-28-26-24-22-20-18-16-14-12-10-8-6-4-2/h5,7,11,13,17,19,23,25,27,30,38-39,43H,3-4,6,8-10,12,14-16,18,20-22,24,26,28-29,31-37,42H2,1-2H3,(H,46,47)/b7-5-,13-11-,19-17-,25-23-,30-27+/t38?,39-/m1/s1. The molecule has 0 aliphatic carbocycles. The lowest BCUT2D eigenvalue weighted by Crippen LogP contribution is -2.29. The molecule has 300 valence electrons. The van der Waals surface area contributed by atoms with Gasteiger partial charge in [0.15, 0.2) is 6.10 Å². The molecule has 0 saturated heterocycles. The maximum absolute atomic E-state index is 12.5. The Hall–Kier alpha value is -2.33. The number of phosphoric ester groups is 1. The van der Waals surface area contributed by atoms with Gasteiger partial charge < -0.3 is 25.2 Å². The van der Waals surface area contributed by atoms with E-state index < -0.39 is 38.6 Å². The predicted octanol–water partition coefficient (Wildman–Crippen LogP) is 9.91. The van der Waals surface area contributed by atoms with E-state index in [2.05, 4.69) is 50.3 Å². The van der Waals surface area contributed by atoms with E-state index in [4.69, 9.17) is 24.3 Å². The van der Waals surface area contributed by atoms with Gasteiger partial charge in [-0.25, -0.2) is 4.57 Å². The number of esters is 2. The molecule has 0 aliphatic rings. The van der Waals surface area contributed by atoms with Crippen LogP contribution in [0.5, 0.6) is 0 Å². The Morgan fingerprint density at radius 1 is 0.673 bits per heavy atom. The highest BCUT2D eigenvalue weighted by Gasteiger charge is 2.26. The van der Waals surface area contributed by atoms with E-state index in [1.165, 1.54) is 57.8 Å². The zero-order valence-corrected chi connectivity index (χ0v) is 33.3. The molecule has 10 nitrogen and oxygen atoms in total. The van der Waals surface area contributed by atoms with Gasteiger partial charge in [0.2, 0.25) is 0 Å². The molecular formula is C41H72NO9P. The van der Waals surface area contributed by atoms with Crippen LogP contribution in [-0.2, 0) is 32.7 Å². The number of allylic oxidation sites excluding steroid dienone is 9. The first-order chi connectivity index (χ1) is 25.2. The molecule has 0 aliphatic heterocycles. The second kappa shape index (κ2) is 37.0. The number of hydrogen-bond donors (Lipinski definition) is 3. The number of phosphoric acid groups is 1. The minimum atomic E-state index is -4.42. The van der Waals surface area contributed by atoms with Crippen LogP contribution in [0.3, 0.4) is 0 Å². The maximum atomic E-state index is 12.5. The van der Waals surface area contributed by atoms with Gasteiger partial charge in [-0.2, -0.15) is 0 Å². The van der Waals surface area contributed by atoms with Crippen molar-refractivity contribution >= 4 is 19.8 Å². The number of carbonyl (C=O) groups excluding carboxylic acids is 2. The monoisotopic (exact) mass is 753 g/mol. The molecule has 0 bridgehead atoms. The third kappa shape index (κ3) is 36.0. The minimum Gasteiger partial charge on any atom is -0.462 e. The first kappa shape index (κ1) is 49.7. The first-order valence-corrected chi connectivity index (χ1v) is 21.4. The molecule has 4 N–H and O–H groups in total. The summed E-state index contributed by atoms with van der Waals surface area (Å²) in [7, 11) is -4.42. The molecule has 0 heterocycles. The molecule has 0 spiro atoms. The van der Waals surface area contributed by atoms with Gasteiger partial charge in [-0.05, 0) is 44.9 Å². The summed E-state index contributed by atoms with van der Waals surface area (Å²) in [6, 6.07) is 0. The van der Waals surface area contributed by atoms with Crippen LogP contribution in [-0.4, -0.2) is 60.5 Å². The second-order valence-electron chi connectivity index (χ2n) is 13.0. The van der Waals surface area contributed by atoms with Crippen molar-refractivity contribution in [2.45, 2.75) is 161 Å². The second-order valence-corrected chi connectivity index (χ2v) is 14.4. The first-order valence-electron chi connectivity index (χ1n) is 19.9. The van der Waals surface area contributed by atoms with Crippen molar-refractivity contribution in [1.82, 2.24) is 0 Å². The van der Waals surface area contributed by atoms with Crippen LogP contribution in [0.2, 0.25) is 0 Å². The highest BCUT2D eigenvalue weighted by Crippen LogP contribution is 2.43. The SMILES string of the molecule is CC/C=C\C/C=C\C/C=C\C/C=C\C=C\C(O)CCCC(=O)OC[C@H](COP(=O)(O)OCCN)OC(=O)CCCCCCCCCCCCCCC. The molecule has 0 amide bonds. The Morgan fingerprint density at radius 2 is 1.21 bits per heavy atom. The van der Waals surface area contributed by atoms with Gasteiger partial charge in [0.05, 0.1) is 19.3 Å². The van der Waals surface area contributed by atoms with Gasteiger partial charge in [-0.15, -0.1) is 0 Å². The van der Waals surface area contributed by atoms with Crippen LogP contribution < -0.4 is 5.73 Å². The number of unbranched alkanes of at least 4 members (excludes halogenated alkanes) is 12. The smallest absolute Gasteiger partial charge is 0.462 e. The van der Waals surface area contributed by atoms with E-state index >= 15 is 0 Å². The molecule has 52 heavy (non-hydrogen) atoms. The van der Waals surface area contributed by atoms with Crippen molar-refractivity contribution in [3.05, 3.63) is 60.8 Å². The molecule has 3 atom stereocenters. The topological polar surface area (TPSA) is 155 Å². The highest BCUT2D eigenvalue weighted by molar-refractivity contribution is 7.47. The third-order valence-electron chi connectivity index (χ3n) is 8.02. The minimum absolute atomic E-state index is 0.0258. The number of nitrogens with two attached hydrogens (primary N) is 1. The van der Waals surface area contributed by atoms with E-state index in [0.29, 0.717) is 19.3 Å². The summed E-state index contributed by atoms with van der Waals surface area (Å²) < 4.78 is 32.5. The van der Waals surface area contributed by atoms with E-state index in [-0.39, 0.29) is 32.6 Å². The normalized spacial score (nSPS) is 14.6. The zero-order valence-electron chi connectivity index (χ0n) is 32.4. The number of aliphatic hydroxyl groups excluding tert-OH is 1. The summed E-state index contributed by atoms with van der Waals surface area (Å²) in [5, 5.41) is 10.2. The predicted molar refractivity (Wildman–Crippen MR) is 212 cm³/mol. The summed E-state index contributed by atoms with van der Waals surface area (Å²) in [4.78, 5) is 34.8. The lowest BCUT2D eigenvalue weighted by atomic mass is 10.0. The van der Waals surface area contributed by atoms with Crippen molar-refractivity contribution in [2.75, 3.05) is 26.4 Å². The van der Waals surface area contributed by atoms with Crippen molar-refractivity contribution in [3.63, 3.8) is 0 Å². The molecule has 0 aromatic rings. The fourth-order valence-electron chi connectivity index (χ4n) is 5.07. The van der Waals surface area contributed by atoms with Crippen molar-refractivity contribution in [3.8, 4) is 0 Å². The van der Waals surface area contributed by atoms with Crippen molar-refractivity contribution in [2.24, 2.45) is 5.73 Å². The molecule has 0 saturated carbocycles. The maximum Gasteiger partial charge on any atom is 0.472 e. The molecule has 0 radical (unpaired) electrons. The summed E-state index contributed by atoms with van der Waals surface area (Å²) in [6.07, 6.45) is 38.6. The average molecular weight is 754 g/mol.